The van der Waals surface area contributed by atoms with E-state index in [9.17, 15) is 14.4 Å². The normalized spacial score (nSPS) is 19.8. The van der Waals surface area contributed by atoms with E-state index in [-0.39, 0.29) is 23.8 Å². The van der Waals surface area contributed by atoms with E-state index in [4.69, 9.17) is 0 Å². The second-order valence-corrected chi connectivity index (χ2v) is 14.5. The highest BCUT2D eigenvalue weighted by atomic mass is 16.2. The van der Waals surface area contributed by atoms with Crippen molar-refractivity contribution in [1.82, 2.24) is 25.3 Å². The predicted octanol–water partition coefficient (Wildman–Crippen LogP) is 5.10. The van der Waals surface area contributed by atoms with Crippen molar-refractivity contribution < 1.29 is 14.4 Å². The van der Waals surface area contributed by atoms with Crippen LogP contribution in [-0.4, -0.2) is 89.8 Å². The Hall–Kier alpha value is -3.75. The molecule has 3 aliphatic heterocycles. The highest BCUT2D eigenvalue weighted by Gasteiger charge is 2.36. The summed E-state index contributed by atoms with van der Waals surface area (Å²) in [5.74, 6) is 0.622. The van der Waals surface area contributed by atoms with Gasteiger partial charge in [-0.15, -0.1) is 0 Å². The number of hydrogen-bond donors (Lipinski definition) is 2. The van der Waals surface area contributed by atoms with Crippen molar-refractivity contribution in [1.29, 1.82) is 0 Å². The van der Waals surface area contributed by atoms with E-state index in [1.165, 1.54) is 11.1 Å². The number of carbonyl (C=O) groups is 3. The van der Waals surface area contributed by atoms with E-state index in [0.29, 0.717) is 43.9 Å². The molecule has 2 atom stereocenters. The molecule has 8 nitrogen and oxygen atoms in total. The van der Waals surface area contributed by atoms with Gasteiger partial charge in [0.25, 0.3) is 0 Å². The largest absolute Gasteiger partial charge is 0.344 e. The molecule has 0 unspecified atom stereocenters. The van der Waals surface area contributed by atoms with E-state index in [0.717, 1.165) is 74.6 Å². The van der Waals surface area contributed by atoms with Crippen LogP contribution in [0.1, 0.15) is 75.6 Å². The number of fused-ring (bicyclic) bond motifs is 2. The Kier molecular flexibility index (Phi) is 11.1. The molecule has 0 radical (unpaired) electrons. The fourth-order valence-electron chi connectivity index (χ4n) is 8.27. The van der Waals surface area contributed by atoms with E-state index >= 15 is 0 Å². The molecule has 3 aliphatic rings. The minimum Gasteiger partial charge on any atom is -0.344 e. The van der Waals surface area contributed by atoms with Crippen molar-refractivity contribution in [2.75, 3.05) is 39.3 Å². The van der Waals surface area contributed by atoms with Crippen LogP contribution in [0.3, 0.4) is 0 Å². The molecule has 2 N–H and O–H groups in total. The maximum Gasteiger partial charge on any atom is 0.245 e. The van der Waals surface area contributed by atoms with E-state index in [1.807, 2.05) is 34.1 Å². The molecule has 48 heavy (non-hydrogen) atoms. The molecule has 3 heterocycles. The molecule has 0 aliphatic carbocycles. The third kappa shape index (κ3) is 8.09. The Morgan fingerprint density at radius 2 is 1.50 bits per heavy atom. The van der Waals surface area contributed by atoms with Gasteiger partial charge in [0.1, 0.15) is 6.04 Å². The van der Waals surface area contributed by atoms with Crippen molar-refractivity contribution in [2.45, 2.75) is 89.9 Å². The number of likely N-dealkylation sites (tertiary alicyclic amines) is 2. The Morgan fingerprint density at radius 3 is 2.21 bits per heavy atom. The molecule has 2 fully saturated rings. The average molecular weight is 652 g/mol. The maximum atomic E-state index is 14.4. The predicted molar refractivity (Wildman–Crippen MR) is 192 cm³/mol. The van der Waals surface area contributed by atoms with Crippen LogP contribution in [0.2, 0.25) is 0 Å². The lowest BCUT2D eigenvalue weighted by Crippen LogP contribution is -2.56. The zero-order valence-electron chi connectivity index (χ0n) is 29.0. The Bertz CT molecular complexity index is 1570. The molecule has 256 valence electrons. The van der Waals surface area contributed by atoms with Gasteiger partial charge in [-0.3, -0.25) is 19.3 Å². The molecule has 3 aromatic rings. The van der Waals surface area contributed by atoms with Crippen molar-refractivity contribution in [2.24, 2.45) is 5.92 Å². The molecule has 2 saturated heterocycles. The monoisotopic (exact) mass is 651 g/mol. The van der Waals surface area contributed by atoms with Crippen molar-refractivity contribution >= 4 is 28.5 Å². The van der Waals surface area contributed by atoms with Crippen molar-refractivity contribution in [3.05, 3.63) is 83.4 Å². The number of hydrogen-bond acceptors (Lipinski definition) is 5. The van der Waals surface area contributed by atoms with Gasteiger partial charge in [-0.1, -0.05) is 80.6 Å². The fraction of sp³-hybridized carbons (Fsp3) is 0.525. The Balaban J connectivity index is 1.15. The zero-order valence-corrected chi connectivity index (χ0v) is 29.0. The summed E-state index contributed by atoms with van der Waals surface area (Å²) in [6.07, 6.45) is 5.56. The van der Waals surface area contributed by atoms with Gasteiger partial charge in [0.2, 0.25) is 17.7 Å². The number of amides is 3. The highest BCUT2D eigenvalue weighted by Crippen LogP contribution is 2.28. The molecule has 3 aromatic carbocycles. The third-order valence-corrected chi connectivity index (χ3v) is 10.7. The van der Waals surface area contributed by atoms with E-state index in [2.05, 4.69) is 71.8 Å². The zero-order chi connectivity index (χ0) is 33.6. The summed E-state index contributed by atoms with van der Waals surface area (Å²) in [4.78, 5) is 46.7. The van der Waals surface area contributed by atoms with Crippen LogP contribution in [-0.2, 0) is 27.2 Å². The number of rotatable bonds is 10. The van der Waals surface area contributed by atoms with Gasteiger partial charge in [-0.05, 0) is 72.0 Å². The highest BCUT2D eigenvalue weighted by molar-refractivity contribution is 5.90. The molecular weight excluding hydrogens is 598 g/mol. The van der Waals surface area contributed by atoms with Gasteiger partial charge in [0.05, 0.1) is 0 Å². The van der Waals surface area contributed by atoms with Gasteiger partial charge in [0.15, 0.2) is 0 Å². The first-order chi connectivity index (χ1) is 23.3. The third-order valence-electron chi connectivity index (χ3n) is 10.7. The van der Waals surface area contributed by atoms with Crippen LogP contribution < -0.4 is 10.6 Å². The lowest BCUT2D eigenvalue weighted by Gasteiger charge is -2.46. The lowest BCUT2D eigenvalue weighted by atomic mass is 9.92. The second kappa shape index (κ2) is 15.6. The minimum absolute atomic E-state index is 0.0110. The first-order valence-electron chi connectivity index (χ1n) is 18.1. The summed E-state index contributed by atoms with van der Waals surface area (Å²) in [5.41, 5.74) is 3.54. The number of benzene rings is 3. The molecule has 6 rings (SSSR count). The molecule has 3 amide bonds. The molecule has 0 bridgehead atoms. The fourth-order valence-corrected chi connectivity index (χ4v) is 8.27. The van der Waals surface area contributed by atoms with Crippen molar-refractivity contribution in [3.8, 4) is 0 Å². The van der Waals surface area contributed by atoms with Gasteiger partial charge in [0, 0.05) is 70.6 Å². The molecular formula is C40H53N5O3. The first kappa shape index (κ1) is 34.1. The molecule has 0 spiro atoms. The Morgan fingerprint density at radius 1 is 0.854 bits per heavy atom. The van der Waals surface area contributed by atoms with E-state index < -0.39 is 6.04 Å². The van der Waals surface area contributed by atoms with Gasteiger partial charge < -0.3 is 20.4 Å². The molecule has 0 aromatic heterocycles. The summed E-state index contributed by atoms with van der Waals surface area (Å²) in [7, 11) is 0. The van der Waals surface area contributed by atoms with Gasteiger partial charge >= 0.3 is 0 Å². The second-order valence-electron chi connectivity index (χ2n) is 14.5. The molecule has 8 heteroatoms. The van der Waals surface area contributed by atoms with E-state index in [1.54, 1.807) is 6.92 Å². The van der Waals surface area contributed by atoms with Crippen LogP contribution in [0, 0.1) is 5.92 Å². The summed E-state index contributed by atoms with van der Waals surface area (Å²) in [6.45, 7) is 11.1. The summed E-state index contributed by atoms with van der Waals surface area (Å²) in [6, 6.07) is 23.0. The van der Waals surface area contributed by atoms with Crippen LogP contribution in [0.15, 0.2) is 66.7 Å². The van der Waals surface area contributed by atoms with Crippen LogP contribution in [0.25, 0.3) is 10.8 Å². The van der Waals surface area contributed by atoms with Crippen LogP contribution in [0.5, 0.6) is 0 Å². The average Bonchev–Trinajstić information content (AvgIpc) is 3.10. The summed E-state index contributed by atoms with van der Waals surface area (Å²) in [5, 5.41) is 9.00. The smallest absolute Gasteiger partial charge is 0.245 e. The lowest BCUT2D eigenvalue weighted by molar-refractivity contribution is -0.138. The van der Waals surface area contributed by atoms with Gasteiger partial charge in [-0.2, -0.15) is 0 Å². The quantitative estimate of drug-likeness (QED) is 0.319. The molecule has 0 saturated carbocycles. The number of piperidine rings is 2. The van der Waals surface area contributed by atoms with Crippen LogP contribution >= 0.6 is 0 Å². The topological polar surface area (TPSA) is 85.0 Å². The van der Waals surface area contributed by atoms with Gasteiger partial charge in [-0.25, -0.2) is 0 Å². The summed E-state index contributed by atoms with van der Waals surface area (Å²) < 4.78 is 0. The minimum atomic E-state index is -0.638. The Labute approximate surface area is 286 Å². The standard InChI is InChI=1S/C40H53N5O3/c1-28(2)27-45(33-16-21-43(22-17-33)29(3)46)34-18-23-44(24-19-34)40(48)38(25-32-12-8-11-30-9-4-6-13-35(30)32)42-39(47)26-37-36-14-7-5-10-31(36)15-20-41-37/h4-14,28,33-34,37-38,41H,15-27H2,1-3H3,(H,42,47)/t37-,38+/m0/s1. The van der Waals surface area contributed by atoms with Crippen molar-refractivity contribution in [3.63, 3.8) is 0 Å². The first-order valence-corrected chi connectivity index (χ1v) is 18.1. The number of carbonyl (C=O) groups excluding carboxylic acids is 3. The number of nitrogens with one attached hydrogen (secondary N) is 2. The summed E-state index contributed by atoms with van der Waals surface area (Å²) >= 11 is 0. The number of nitrogens with zero attached hydrogens (tertiary/aromatic N) is 3. The maximum absolute atomic E-state index is 14.4. The van der Waals surface area contributed by atoms with Crippen LogP contribution in [0.4, 0.5) is 0 Å². The SMILES string of the molecule is CC(=O)N1CCC(N(CC(C)C)C2CCN(C(=O)[C@@H](Cc3cccc4ccccc34)NC(=O)C[C@@H]3NCCc4ccccc43)CC2)CC1.